The third-order valence-corrected chi connectivity index (χ3v) is 7.75. The summed E-state index contributed by atoms with van der Waals surface area (Å²) in [6.07, 6.45) is 12.6. The Bertz CT molecular complexity index is 1430. The van der Waals surface area contributed by atoms with Gasteiger partial charge in [-0.05, 0) is 46.8 Å². The van der Waals surface area contributed by atoms with Crippen LogP contribution in [0.4, 0.5) is 14.5 Å². The fourth-order valence-electron chi connectivity index (χ4n) is 3.40. The van der Waals surface area contributed by atoms with Crippen molar-refractivity contribution in [3.63, 3.8) is 0 Å². The molecule has 0 bridgehead atoms. The molecule has 3 heterocycles. The van der Waals surface area contributed by atoms with E-state index in [1.165, 1.54) is 33.7 Å². The van der Waals surface area contributed by atoms with Crippen LogP contribution in [0, 0.1) is 0 Å². The monoisotopic (exact) mass is 616 g/mol. The van der Waals surface area contributed by atoms with Gasteiger partial charge in [-0.2, -0.15) is 19.0 Å². The molecule has 0 atom stereocenters. The third-order valence-electron chi connectivity index (χ3n) is 5.16. The van der Waals surface area contributed by atoms with Crippen molar-refractivity contribution in [2.75, 3.05) is 36.4 Å². The van der Waals surface area contributed by atoms with E-state index in [9.17, 15) is 13.6 Å². The Morgan fingerprint density at radius 2 is 2.03 bits per heavy atom. The van der Waals surface area contributed by atoms with Gasteiger partial charge in [-0.1, -0.05) is 11.6 Å². The number of aromatic nitrogens is 5. The highest BCUT2D eigenvalue weighted by Crippen LogP contribution is 2.41. The number of amides is 1. The summed E-state index contributed by atoms with van der Waals surface area (Å²) >= 11 is 9.50. The van der Waals surface area contributed by atoms with Crippen LogP contribution in [0.1, 0.15) is 10.4 Å². The highest BCUT2D eigenvalue weighted by Gasteiger charge is 2.24. The van der Waals surface area contributed by atoms with E-state index in [-0.39, 0.29) is 34.3 Å². The second-order valence-corrected chi connectivity index (χ2v) is 14.6. The molecule has 9 nitrogen and oxygen atoms in total. The highest BCUT2D eigenvalue weighted by atomic mass is 79.9. The third kappa shape index (κ3) is 6.58. The van der Waals surface area contributed by atoms with E-state index in [0.717, 1.165) is 5.75 Å². The molecule has 0 fully saturated rings. The topological polar surface area (TPSA) is 95.6 Å². The van der Waals surface area contributed by atoms with E-state index in [1.807, 2.05) is 0 Å². The van der Waals surface area contributed by atoms with Crippen molar-refractivity contribution in [3.8, 4) is 17.0 Å². The zero-order valence-corrected chi connectivity index (χ0v) is 23.3. The molecule has 14 heteroatoms. The lowest BCUT2D eigenvalue weighted by Crippen LogP contribution is -2.15. The minimum Gasteiger partial charge on any atom is -0.434 e. The van der Waals surface area contributed by atoms with Gasteiger partial charge in [0, 0.05) is 34.2 Å². The number of benzene rings is 1. The summed E-state index contributed by atoms with van der Waals surface area (Å²) in [5.41, 5.74) is 1.36. The Morgan fingerprint density at radius 3 is 2.76 bits per heavy atom. The van der Waals surface area contributed by atoms with Gasteiger partial charge in [0.25, 0.3) is 5.91 Å². The van der Waals surface area contributed by atoms with Gasteiger partial charge >= 0.3 is 6.61 Å². The Kier molecular flexibility index (Phi) is 8.36. The highest BCUT2D eigenvalue weighted by molar-refractivity contribution is 9.10. The molecule has 4 aromatic rings. The summed E-state index contributed by atoms with van der Waals surface area (Å²) in [6, 6.07) is 4.49. The summed E-state index contributed by atoms with van der Waals surface area (Å²) in [5.74, 6) is 0.189. The quantitative estimate of drug-likeness (QED) is 0.235. The SMILES string of the molecule is CS(C)(C)CCOCn1ncc(NC(=O)c2cnn3cccnc23)c1-c1cc(Br)c(Cl)cc1OC(F)F. The van der Waals surface area contributed by atoms with Crippen molar-refractivity contribution in [2.45, 2.75) is 13.3 Å². The molecule has 0 spiro atoms. The van der Waals surface area contributed by atoms with Crippen LogP contribution in [0.2, 0.25) is 5.02 Å². The molecule has 1 aromatic carbocycles. The number of halogens is 4. The summed E-state index contributed by atoms with van der Waals surface area (Å²) < 4.78 is 40.5. The molecular weight excluding hydrogens is 594 g/mol. The minimum atomic E-state index is -3.10. The number of alkyl halides is 2. The molecule has 1 amide bonds. The van der Waals surface area contributed by atoms with Crippen LogP contribution < -0.4 is 10.1 Å². The normalized spacial score (nSPS) is 12.3. The maximum Gasteiger partial charge on any atom is 0.387 e. The van der Waals surface area contributed by atoms with Gasteiger partial charge < -0.3 is 14.8 Å². The van der Waals surface area contributed by atoms with Crippen molar-refractivity contribution >= 4 is 54.8 Å². The summed E-state index contributed by atoms with van der Waals surface area (Å²) in [4.78, 5) is 17.4. The van der Waals surface area contributed by atoms with Gasteiger partial charge in [-0.25, -0.2) is 24.2 Å². The first-order valence-electron chi connectivity index (χ1n) is 10.9. The number of fused-ring (bicyclic) bond motifs is 1. The van der Waals surface area contributed by atoms with Gasteiger partial charge in [0.15, 0.2) is 5.65 Å². The van der Waals surface area contributed by atoms with E-state index in [4.69, 9.17) is 21.1 Å². The van der Waals surface area contributed by atoms with Crippen LogP contribution in [0.15, 0.2) is 47.5 Å². The number of hydrogen-bond acceptors (Lipinski definition) is 6. The van der Waals surface area contributed by atoms with Crippen LogP contribution in [-0.4, -0.2) is 68.0 Å². The molecule has 3 aromatic heterocycles. The van der Waals surface area contributed by atoms with Gasteiger partial charge in [0.2, 0.25) is 0 Å². The summed E-state index contributed by atoms with van der Waals surface area (Å²) in [5, 5.41) is 11.5. The first kappa shape index (κ1) is 27.3. The molecule has 0 saturated heterocycles. The maximum absolute atomic E-state index is 13.3. The predicted molar refractivity (Wildman–Crippen MR) is 144 cm³/mol. The lowest BCUT2D eigenvalue weighted by molar-refractivity contribution is -0.0494. The predicted octanol–water partition coefficient (Wildman–Crippen LogP) is 5.53. The first-order valence-corrected chi connectivity index (χ1v) is 15.1. The second-order valence-electron chi connectivity index (χ2n) is 8.78. The van der Waals surface area contributed by atoms with E-state index in [1.54, 1.807) is 18.5 Å². The number of carbonyl (C=O) groups excluding carboxylic acids is 1. The maximum atomic E-state index is 13.3. The van der Waals surface area contributed by atoms with Crippen LogP contribution in [-0.2, 0) is 11.5 Å². The number of rotatable bonds is 10. The average molecular weight is 618 g/mol. The Hall–Kier alpha value is -2.74. The Labute approximate surface area is 226 Å². The number of carbonyl (C=O) groups is 1. The number of nitrogens with zero attached hydrogens (tertiary/aromatic N) is 5. The van der Waals surface area contributed by atoms with Crippen LogP contribution in [0.3, 0.4) is 0 Å². The van der Waals surface area contributed by atoms with Crippen LogP contribution in [0.25, 0.3) is 16.9 Å². The largest absolute Gasteiger partial charge is 0.434 e. The number of anilines is 1. The lowest BCUT2D eigenvalue weighted by Gasteiger charge is -2.24. The summed E-state index contributed by atoms with van der Waals surface area (Å²) in [6.45, 7) is -2.59. The number of nitrogens with one attached hydrogen (secondary N) is 1. The van der Waals surface area contributed by atoms with E-state index >= 15 is 0 Å². The van der Waals surface area contributed by atoms with Crippen molar-refractivity contribution in [1.29, 1.82) is 0 Å². The van der Waals surface area contributed by atoms with Gasteiger partial charge in [-0.3, -0.25) is 4.79 Å². The van der Waals surface area contributed by atoms with E-state index in [0.29, 0.717) is 22.4 Å². The zero-order chi connectivity index (χ0) is 26.7. The van der Waals surface area contributed by atoms with Crippen molar-refractivity contribution in [1.82, 2.24) is 24.4 Å². The fourth-order valence-corrected chi connectivity index (χ4v) is 4.52. The Balaban J connectivity index is 1.73. The van der Waals surface area contributed by atoms with E-state index < -0.39 is 22.5 Å². The smallest absolute Gasteiger partial charge is 0.387 e. The molecule has 0 aliphatic rings. The van der Waals surface area contributed by atoms with Crippen LogP contribution >= 0.6 is 37.6 Å². The molecule has 4 rings (SSSR count). The molecule has 0 aliphatic carbocycles. The van der Waals surface area contributed by atoms with Crippen molar-refractivity contribution in [2.24, 2.45) is 0 Å². The van der Waals surface area contributed by atoms with Crippen LogP contribution in [0.5, 0.6) is 5.75 Å². The second kappa shape index (κ2) is 11.3. The van der Waals surface area contributed by atoms with Gasteiger partial charge in [0.05, 0.1) is 35.4 Å². The molecule has 37 heavy (non-hydrogen) atoms. The lowest BCUT2D eigenvalue weighted by atomic mass is 10.1. The Morgan fingerprint density at radius 1 is 1.24 bits per heavy atom. The number of hydrogen-bond donors (Lipinski definition) is 1. The standard InChI is InChI=1S/C23H24BrClF2N6O3S/c1-37(2,3)8-7-35-13-33-20(14-9-16(24)17(25)10-19(14)36-23(26)27)18(12-30-33)31-22(34)15-11-29-32-6-4-5-28-21(15)32/h4-6,9-12,23H,7-8,13H2,1-3H3,(H,31,34). The fraction of sp³-hybridized carbons (Fsp3) is 0.304. The van der Waals surface area contributed by atoms with Crippen molar-refractivity contribution < 1.29 is 23.0 Å². The number of ether oxygens (including phenoxy) is 2. The van der Waals surface area contributed by atoms with Gasteiger partial charge in [-0.15, -0.1) is 0 Å². The minimum absolute atomic E-state index is 0.0212. The summed E-state index contributed by atoms with van der Waals surface area (Å²) in [7, 11) is -0.775. The molecule has 0 saturated carbocycles. The zero-order valence-electron chi connectivity index (χ0n) is 20.1. The molecule has 0 aliphatic heterocycles. The molecular formula is C23H24BrClF2N6O3S. The molecule has 198 valence electrons. The first-order chi connectivity index (χ1) is 17.5. The van der Waals surface area contributed by atoms with Gasteiger partial charge in [0.1, 0.15) is 18.0 Å². The van der Waals surface area contributed by atoms with E-state index in [2.05, 4.69) is 55.2 Å². The molecule has 0 unspecified atom stereocenters. The van der Waals surface area contributed by atoms with Crippen molar-refractivity contribution in [3.05, 3.63) is 58.0 Å². The molecule has 1 N–H and O–H groups in total. The average Bonchev–Trinajstić information content (AvgIpc) is 3.42. The molecule has 0 radical (unpaired) electrons.